The number of hydrogen-bond acceptors (Lipinski definition) is 4. The first-order chi connectivity index (χ1) is 8.31. The third kappa shape index (κ3) is 4.85. The molecule has 5 nitrogen and oxygen atoms in total. The Balaban J connectivity index is 2.30. The van der Waals surface area contributed by atoms with Crippen molar-refractivity contribution < 1.29 is 9.47 Å². The topological polar surface area (TPSA) is 48.3 Å². The summed E-state index contributed by atoms with van der Waals surface area (Å²) in [6.07, 6.45) is 5.05. The molecule has 1 N–H and O–H groups in total. The van der Waals surface area contributed by atoms with E-state index < -0.39 is 0 Å². The van der Waals surface area contributed by atoms with Gasteiger partial charge in [-0.05, 0) is 13.5 Å². The number of nitrogens with one attached hydrogen (secondary N) is 1. The van der Waals surface area contributed by atoms with E-state index in [1.807, 2.05) is 17.9 Å². The second kappa shape index (κ2) is 8.22. The Morgan fingerprint density at radius 2 is 2.24 bits per heavy atom. The van der Waals surface area contributed by atoms with Crippen LogP contribution < -0.4 is 5.32 Å². The number of aromatic nitrogens is 2. The summed E-state index contributed by atoms with van der Waals surface area (Å²) in [6.45, 7) is 4.89. The fraction of sp³-hybridized carbons (Fsp3) is 0.750. The predicted molar refractivity (Wildman–Crippen MR) is 67.0 cm³/mol. The van der Waals surface area contributed by atoms with Crippen LogP contribution in [0.15, 0.2) is 12.4 Å². The van der Waals surface area contributed by atoms with Gasteiger partial charge in [-0.15, -0.1) is 0 Å². The molecule has 0 saturated heterocycles. The molecule has 0 bridgehead atoms. The van der Waals surface area contributed by atoms with Gasteiger partial charge < -0.3 is 14.8 Å². The first-order valence-corrected chi connectivity index (χ1v) is 6.08. The van der Waals surface area contributed by atoms with Gasteiger partial charge in [0.1, 0.15) is 0 Å². The summed E-state index contributed by atoms with van der Waals surface area (Å²) in [4.78, 5) is 0. The average molecular weight is 241 g/mol. The van der Waals surface area contributed by atoms with E-state index in [-0.39, 0.29) is 0 Å². The van der Waals surface area contributed by atoms with Gasteiger partial charge in [0.2, 0.25) is 0 Å². The maximum atomic E-state index is 5.40. The van der Waals surface area contributed by atoms with Crippen LogP contribution in [0.2, 0.25) is 0 Å². The van der Waals surface area contributed by atoms with Crippen molar-refractivity contribution in [3.63, 3.8) is 0 Å². The minimum atomic E-state index is 0.387. The predicted octanol–water partition coefficient (Wildman–Crippen LogP) is 1.22. The lowest BCUT2D eigenvalue weighted by molar-refractivity contribution is 0.0654. The number of rotatable bonds is 9. The number of methoxy groups -OCH3 is 1. The van der Waals surface area contributed by atoms with Crippen LogP contribution in [0.4, 0.5) is 0 Å². The van der Waals surface area contributed by atoms with Gasteiger partial charge in [-0.2, -0.15) is 5.10 Å². The number of ether oxygens (including phenoxy) is 2. The molecule has 1 rings (SSSR count). The Labute approximate surface area is 103 Å². The molecule has 17 heavy (non-hydrogen) atoms. The minimum Gasteiger partial charge on any atom is -0.382 e. The highest BCUT2D eigenvalue weighted by Gasteiger charge is 2.08. The molecule has 0 fully saturated rings. The zero-order chi connectivity index (χ0) is 12.5. The summed E-state index contributed by atoms with van der Waals surface area (Å²) in [5, 5.41) is 7.58. The summed E-state index contributed by atoms with van der Waals surface area (Å²) >= 11 is 0. The molecule has 0 amide bonds. The van der Waals surface area contributed by atoms with E-state index in [2.05, 4.69) is 23.5 Å². The van der Waals surface area contributed by atoms with Crippen LogP contribution in [0.25, 0.3) is 0 Å². The van der Waals surface area contributed by atoms with Crippen molar-refractivity contribution in [1.82, 2.24) is 15.1 Å². The molecule has 1 unspecified atom stereocenters. The summed E-state index contributed by atoms with van der Waals surface area (Å²) in [5.41, 5.74) is 1.23. The largest absolute Gasteiger partial charge is 0.382 e. The van der Waals surface area contributed by atoms with Crippen LogP contribution in [0, 0.1) is 0 Å². The molecule has 0 aliphatic rings. The van der Waals surface area contributed by atoms with Crippen molar-refractivity contribution in [2.75, 3.05) is 34.0 Å². The van der Waals surface area contributed by atoms with Gasteiger partial charge in [0.25, 0.3) is 0 Å². The van der Waals surface area contributed by atoms with E-state index in [0.29, 0.717) is 25.9 Å². The van der Waals surface area contributed by atoms with Crippen molar-refractivity contribution in [3.05, 3.63) is 18.0 Å². The molecule has 0 saturated carbocycles. The van der Waals surface area contributed by atoms with Gasteiger partial charge in [0.15, 0.2) is 0 Å². The molecule has 1 aromatic heterocycles. The van der Waals surface area contributed by atoms with E-state index >= 15 is 0 Å². The number of hydrogen-bond donors (Lipinski definition) is 1. The van der Waals surface area contributed by atoms with Gasteiger partial charge in [0, 0.05) is 24.9 Å². The Hall–Kier alpha value is -0.910. The first-order valence-electron chi connectivity index (χ1n) is 6.08. The first kappa shape index (κ1) is 14.2. The third-order valence-electron chi connectivity index (χ3n) is 2.71. The summed E-state index contributed by atoms with van der Waals surface area (Å²) in [7, 11) is 3.64. The Bertz CT molecular complexity index is 298. The molecule has 98 valence electrons. The Morgan fingerprint density at radius 3 is 2.88 bits per heavy atom. The van der Waals surface area contributed by atoms with Crippen molar-refractivity contribution in [3.8, 4) is 0 Å². The van der Waals surface area contributed by atoms with Crippen molar-refractivity contribution >= 4 is 0 Å². The van der Waals surface area contributed by atoms with Crippen LogP contribution in [0.3, 0.4) is 0 Å². The minimum absolute atomic E-state index is 0.387. The average Bonchev–Trinajstić information content (AvgIpc) is 2.79. The van der Waals surface area contributed by atoms with Gasteiger partial charge in [-0.1, -0.05) is 6.92 Å². The Kier molecular flexibility index (Phi) is 6.84. The van der Waals surface area contributed by atoms with E-state index in [4.69, 9.17) is 9.47 Å². The highest BCUT2D eigenvalue weighted by Crippen LogP contribution is 2.14. The molecule has 0 radical (unpaired) electrons. The molecule has 1 heterocycles. The van der Waals surface area contributed by atoms with Crippen LogP contribution in [0.1, 0.15) is 24.9 Å². The maximum Gasteiger partial charge on any atom is 0.0701 e. The molecule has 0 aliphatic carbocycles. The van der Waals surface area contributed by atoms with E-state index in [1.54, 1.807) is 7.11 Å². The fourth-order valence-corrected chi connectivity index (χ4v) is 1.69. The zero-order valence-electron chi connectivity index (χ0n) is 11.0. The van der Waals surface area contributed by atoms with Gasteiger partial charge in [-0.25, -0.2) is 0 Å². The molecule has 0 aromatic carbocycles. The summed E-state index contributed by atoms with van der Waals surface area (Å²) in [5.74, 6) is 0. The lowest BCUT2D eigenvalue weighted by Gasteiger charge is -2.10. The quantitative estimate of drug-likeness (QED) is 0.660. The van der Waals surface area contributed by atoms with E-state index in [1.165, 1.54) is 5.56 Å². The third-order valence-corrected chi connectivity index (χ3v) is 2.71. The SMILES string of the molecule is CCC(NC)c1cnn(CCOCCOC)c1. The standard InChI is InChI=1S/C12H23N3O2/c1-4-12(13-2)11-9-14-15(10-11)5-6-17-8-7-16-3/h9-10,12-13H,4-8H2,1-3H3. The molecule has 1 atom stereocenters. The molecular weight excluding hydrogens is 218 g/mol. The fourth-order valence-electron chi connectivity index (χ4n) is 1.69. The molecule has 5 heteroatoms. The van der Waals surface area contributed by atoms with E-state index in [0.717, 1.165) is 13.0 Å². The van der Waals surface area contributed by atoms with Gasteiger partial charge in [0.05, 0.1) is 32.6 Å². The van der Waals surface area contributed by atoms with Crippen molar-refractivity contribution in [2.24, 2.45) is 0 Å². The summed E-state index contributed by atoms with van der Waals surface area (Å²) in [6, 6.07) is 0.387. The lowest BCUT2D eigenvalue weighted by Crippen LogP contribution is -2.14. The second-order valence-corrected chi connectivity index (χ2v) is 3.89. The maximum absolute atomic E-state index is 5.40. The smallest absolute Gasteiger partial charge is 0.0701 e. The molecular formula is C12H23N3O2. The monoisotopic (exact) mass is 241 g/mol. The molecule has 1 aromatic rings. The van der Waals surface area contributed by atoms with Crippen LogP contribution in [-0.4, -0.2) is 43.8 Å². The second-order valence-electron chi connectivity index (χ2n) is 3.89. The normalized spacial score (nSPS) is 12.9. The van der Waals surface area contributed by atoms with E-state index in [9.17, 15) is 0 Å². The van der Waals surface area contributed by atoms with Crippen LogP contribution in [0.5, 0.6) is 0 Å². The van der Waals surface area contributed by atoms with Crippen molar-refractivity contribution in [2.45, 2.75) is 25.9 Å². The lowest BCUT2D eigenvalue weighted by atomic mass is 10.1. The Morgan fingerprint density at radius 1 is 1.41 bits per heavy atom. The van der Waals surface area contributed by atoms with Crippen molar-refractivity contribution in [1.29, 1.82) is 0 Å². The van der Waals surface area contributed by atoms with Gasteiger partial charge >= 0.3 is 0 Å². The highest BCUT2D eigenvalue weighted by atomic mass is 16.5. The number of nitrogens with zero attached hydrogens (tertiary/aromatic N) is 2. The van der Waals surface area contributed by atoms with Crippen LogP contribution >= 0.6 is 0 Å². The zero-order valence-corrected chi connectivity index (χ0v) is 11.0. The van der Waals surface area contributed by atoms with Gasteiger partial charge in [-0.3, -0.25) is 4.68 Å². The summed E-state index contributed by atoms with van der Waals surface area (Å²) < 4.78 is 12.2. The van der Waals surface area contributed by atoms with Crippen LogP contribution in [-0.2, 0) is 16.0 Å². The molecule has 0 aliphatic heterocycles. The molecule has 0 spiro atoms. The highest BCUT2D eigenvalue weighted by molar-refractivity contribution is 5.09.